The van der Waals surface area contributed by atoms with Gasteiger partial charge in [0.05, 0.1) is 0 Å². The molecule has 1 aliphatic carbocycles. The maximum Gasteiger partial charge on any atom is 0.267 e. The first-order valence-corrected chi connectivity index (χ1v) is 6.76. The Hall–Kier alpha value is -1.78. The van der Waals surface area contributed by atoms with E-state index in [4.69, 9.17) is 5.73 Å². The molecule has 5 nitrogen and oxygen atoms in total. The van der Waals surface area contributed by atoms with Crippen molar-refractivity contribution >= 4 is 11.8 Å². The van der Waals surface area contributed by atoms with E-state index in [0.29, 0.717) is 18.2 Å². The zero-order chi connectivity index (χ0) is 13.8. The highest BCUT2D eigenvalue weighted by molar-refractivity contribution is 5.92. The molecule has 1 aromatic rings. The van der Waals surface area contributed by atoms with E-state index < -0.39 is 0 Å². The van der Waals surface area contributed by atoms with Crippen LogP contribution in [0.5, 0.6) is 0 Å². The molecule has 1 saturated carbocycles. The van der Waals surface area contributed by atoms with Crippen LogP contribution in [0.4, 0.5) is 0 Å². The Morgan fingerprint density at radius 3 is 2.58 bits per heavy atom. The second-order valence-corrected chi connectivity index (χ2v) is 5.33. The van der Waals surface area contributed by atoms with E-state index in [0.717, 1.165) is 25.7 Å². The van der Waals surface area contributed by atoms with Crippen molar-refractivity contribution in [2.75, 3.05) is 6.54 Å². The van der Waals surface area contributed by atoms with Gasteiger partial charge < -0.3 is 15.6 Å². The number of carbonyl (C=O) groups excluding carboxylic acids is 2. The Balaban J connectivity index is 1.77. The first-order chi connectivity index (χ1) is 9.08. The number of hydrogen-bond donors (Lipinski definition) is 2. The summed E-state index contributed by atoms with van der Waals surface area (Å²) in [5, 5.41) is 2.96. The molecule has 0 bridgehead atoms. The lowest BCUT2D eigenvalue weighted by molar-refractivity contribution is -0.122. The second kappa shape index (κ2) is 5.91. The standard InChI is InChI=1S/C14H21N3O2/c1-17-8-2-3-12(17)14(19)16-9-10-4-6-11(7-5-10)13(15)18/h2-3,8,10-11H,4-7,9H2,1H3,(H2,15,18)(H,16,19). The first kappa shape index (κ1) is 13.6. The highest BCUT2D eigenvalue weighted by atomic mass is 16.2. The van der Waals surface area contributed by atoms with Crippen molar-refractivity contribution in [1.82, 2.24) is 9.88 Å². The van der Waals surface area contributed by atoms with Crippen LogP contribution in [0.3, 0.4) is 0 Å². The van der Waals surface area contributed by atoms with Gasteiger partial charge in [-0.1, -0.05) is 0 Å². The maximum atomic E-state index is 11.9. The molecule has 0 radical (unpaired) electrons. The van der Waals surface area contributed by atoms with Crippen molar-refractivity contribution in [2.24, 2.45) is 24.6 Å². The van der Waals surface area contributed by atoms with Gasteiger partial charge in [-0.15, -0.1) is 0 Å². The van der Waals surface area contributed by atoms with Crippen molar-refractivity contribution in [1.29, 1.82) is 0 Å². The lowest BCUT2D eigenvalue weighted by Crippen LogP contribution is -2.34. The SMILES string of the molecule is Cn1cccc1C(=O)NCC1CCC(C(N)=O)CC1. The van der Waals surface area contributed by atoms with Crippen LogP contribution in [0.2, 0.25) is 0 Å². The predicted molar refractivity (Wildman–Crippen MR) is 72.4 cm³/mol. The Morgan fingerprint density at radius 2 is 2.05 bits per heavy atom. The molecule has 3 N–H and O–H groups in total. The highest BCUT2D eigenvalue weighted by Gasteiger charge is 2.24. The molecule has 104 valence electrons. The summed E-state index contributed by atoms with van der Waals surface area (Å²) in [7, 11) is 1.85. The summed E-state index contributed by atoms with van der Waals surface area (Å²) >= 11 is 0. The normalized spacial score (nSPS) is 23.0. The van der Waals surface area contributed by atoms with Gasteiger partial charge in [-0.25, -0.2) is 0 Å². The summed E-state index contributed by atoms with van der Waals surface area (Å²) in [6, 6.07) is 3.66. The predicted octanol–water partition coefficient (Wildman–Crippen LogP) is 1.05. The van der Waals surface area contributed by atoms with Gasteiger partial charge in [0, 0.05) is 25.7 Å². The minimum Gasteiger partial charge on any atom is -0.369 e. The Kier molecular flexibility index (Phi) is 4.24. The highest BCUT2D eigenvalue weighted by Crippen LogP contribution is 2.28. The van der Waals surface area contributed by atoms with Gasteiger partial charge in [0.25, 0.3) is 5.91 Å². The zero-order valence-electron chi connectivity index (χ0n) is 11.3. The molecule has 1 aromatic heterocycles. The third kappa shape index (κ3) is 3.36. The summed E-state index contributed by atoms with van der Waals surface area (Å²) in [6.07, 6.45) is 5.47. The van der Waals surface area contributed by atoms with Gasteiger partial charge in [-0.2, -0.15) is 0 Å². The first-order valence-electron chi connectivity index (χ1n) is 6.76. The van der Waals surface area contributed by atoms with E-state index >= 15 is 0 Å². The van der Waals surface area contributed by atoms with Crippen LogP contribution in [0.25, 0.3) is 0 Å². The van der Waals surface area contributed by atoms with E-state index in [1.165, 1.54) is 0 Å². The van der Waals surface area contributed by atoms with Crippen molar-refractivity contribution in [3.63, 3.8) is 0 Å². The lowest BCUT2D eigenvalue weighted by Gasteiger charge is -2.26. The van der Waals surface area contributed by atoms with E-state index in [2.05, 4.69) is 5.32 Å². The van der Waals surface area contributed by atoms with E-state index in [1.807, 2.05) is 19.3 Å². The van der Waals surface area contributed by atoms with Crippen LogP contribution in [0, 0.1) is 11.8 Å². The minimum atomic E-state index is -0.189. The van der Waals surface area contributed by atoms with Gasteiger partial charge in [0.1, 0.15) is 5.69 Å². The summed E-state index contributed by atoms with van der Waals surface area (Å²) in [4.78, 5) is 23.0. The van der Waals surface area contributed by atoms with Crippen molar-refractivity contribution in [3.05, 3.63) is 24.0 Å². The fraction of sp³-hybridized carbons (Fsp3) is 0.571. The van der Waals surface area contributed by atoms with Crippen LogP contribution in [0.1, 0.15) is 36.2 Å². The molecule has 0 atom stereocenters. The fourth-order valence-corrected chi connectivity index (χ4v) is 2.68. The Bertz CT molecular complexity index is 459. The fourth-order valence-electron chi connectivity index (χ4n) is 2.68. The average Bonchev–Trinajstić information content (AvgIpc) is 2.83. The number of aryl methyl sites for hydroxylation is 1. The van der Waals surface area contributed by atoms with Gasteiger partial charge >= 0.3 is 0 Å². The van der Waals surface area contributed by atoms with Gasteiger partial charge in [-0.3, -0.25) is 9.59 Å². The smallest absolute Gasteiger partial charge is 0.267 e. The minimum absolute atomic E-state index is 0.0276. The molecule has 1 heterocycles. The van der Waals surface area contributed by atoms with Crippen LogP contribution in [0.15, 0.2) is 18.3 Å². The van der Waals surface area contributed by atoms with Crippen LogP contribution in [-0.2, 0) is 11.8 Å². The molecule has 0 aromatic carbocycles. The molecule has 5 heteroatoms. The topological polar surface area (TPSA) is 77.1 Å². The summed E-state index contributed by atoms with van der Waals surface area (Å²) in [6.45, 7) is 0.676. The van der Waals surface area contributed by atoms with Crippen molar-refractivity contribution < 1.29 is 9.59 Å². The van der Waals surface area contributed by atoms with Crippen LogP contribution in [-0.4, -0.2) is 22.9 Å². The molecule has 19 heavy (non-hydrogen) atoms. The third-order valence-electron chi connectivity index (χ3n) is 3.98. The molecular weight excluding hydrogens is 242 g/mol. The molecular formula is C14H21N3O2. The number of primary amides is 1. The number of nitrogens with one attached hydrogen (secondary N) is 1. The Labute approximate surface area is 113 Å². The van der Waals surface area contributed by atoms with Gasteiger partial charge in [0.15, 0.2) is 0 Å². The quantitative estimate of drug-likeness (QED) is 0.851. The molecule has 0 aliphatic heterocycles. The number of rotatable bonds is 4. The zero-order valence-corrected chi connectivity index (χ0v) is 11.3. The Morgan fingerprint density at radius 1 is 1.37 bits per heavy atom. The maximum absolute atomic E-state index is 11.9. The number of carbonyl (C=O) groups is 2. The number of aromatic nitrogens is 1. The molecule has 0 spiro atoms. The van der Waals surface area contributed by atoms with E-state index in [1.54, 1.807) is 10.6 Å². The summed E-state index contributed by atoms with van der Waals surface area (Å²) in [5.41, 5.74) is 5.98. The van der Waals surface area contributed by atoms with E-state index in [-0.39, 0.29) is 17.7 Å². The largest absolute Gasteiger partial charge is 0.369 e. The van der Waals surface area contributed by atoms with E-state index in [9.17, 15) is 9.59 Å². The number of amides is 2. The molecule has 1 fully saturated rings. The molecule has 0 unspecified atom stereocenters. The lowest BCUT2D eigenvalue weighted by atomic mass is 9.81. The molecule has 1 aliphatic rings. The summed E-state index contributed by atoms with van der Waals surface area (Å²) in [5.74, 6) is 0.260. The number of nitrogens with two attached hydrogens (primary N) is 1. The van der Waals surface area contributed by atoms with Crippen molar-refractivity contribution in [2.45, 2.75) is 25.7 Å². The number of hydrogen-bond acceptors (Lipinski definition) is 2. The molecule has 2 rings (SSSR count). The third-order valence-corrected chi connectivity index (χ3v) is 3.98. The van der Waals surface area contributed by atoms with Crippen LogP contribution < -0.4 is 11.1 Å². The van der Waals surface area contributed by atoms with Gasteiger partial charge in [0.2, 0.25) is 5.91 Å². The monoisotopic (exact) mass is 263 g/mol. The average molecular weight is 263 g/mol. The molecule has 2 amide bonds. The van der Waals surface area contributed by atoms with Gasteiger partial charge in [-0.05, 0) is 43.7 Å². The second-order valence-electron chi connectivity index (χ2n) is 5.33. The summed E-state index contributed by atoms with van der Waals surface area (Å²) < 4.78 is 1.80. The van der Waals surface area contributed by atoms with Crippen molar-refractivity contribution in [3.8, 4) is 0 Å². The van der Waals surface area contributed by atoms with Crippen LogP contribution >= 0.6 is 0 Å². The molecule has 0 saturated heterocycles. The number of nitrogens with zero attached hydrogens (tertiary/aromatic N) is 1.